The summed E-state index contributed by atoms with van der Waals surface area (Å²) in [6.45, 7) is 0.166. The van der Waals surface area contributed by atoms with Gasteiger partial charge in [0.25, 0.3) is 0 Å². The third-order valence-electron chi connectivity index (χ3n) is 5.81. The van der Waals surface area contributed by atoms with E-state index in [4.69, 9.17) is 21.1 Å². The summed E-state index contributed by atoms with van der Waals surface area (Å²) in [6.07, 6.45) is 2.37. The Morgan fingerprint density at radius 2 is 1.87 bits per heavy atom. The monoisotopic (exact) mass is 563 g/mol. The van der Waals surface area contributed by atoms with Crippen LogP contribution in [0.1, 0.15) is 18.4 Å². The number of methoxy groups -OCH3 is 1. The van der Waals surface area contributed by atoms with Gasteiger partial charge in [-0.3, -0.25) is 9.55 Å². The van der Waals surface area contributed by atoms with Gasteiger partial charge in [-0.15, -0.1) is 11.3 Å². The third kappa shape index (κ3) is 6.00. The number of nitrogens with zero attached hydrogens (tertiary/aromatic N) is 4. The number of aromatic nitrogens is 3. The van der Waals surface area contributed by atoms with Gasteiger partial charge < -0.3 is 9.47 Å². The minimum atomic E-state index is -0.594. The predicted molar refractivity (Wildman–Crippen MR) is 148 cm³/mol. The van der Waals surface area contributed by atoms with E-state index in [-0.39, 0.29) is 12.2 Å². The minimum Gasteiger partial charge on any atom is -0.466 e. The van der Waals surface area contributed by atoms with Crippen molar-refractivity contribution in [3.05, 3.63) is 115 Å². The number of nitrogens with one attached hydrogen (secondary N) is 1. The first kappa shape index (κ1) is 26.1. The average Bonchev–Trinajstić information content (AvgIpc) is 3.47. The molecule has 0 saturated heterocycles. The van der Waals surface area contributed by atoms with Gasteiger partial charge in [0.2, 0.25) is 5.62 Å². The molecule has 0 atom stereocenters. The van der Waals surface area contributed by atoms with Crippen LogP contribution in [-0.4, -0.2) is 33.1 Å². The lowest BCUT2D eigenvalue weighted by Gasteiger charge is -2.13. The van der Waals surface area contributed by atoms with Crippen LogP contribution in [0.3, 0.4) is 0 Å². The molecule has 10 nitrogen and oxygen atoms in total. The van der Waals surface area contributed by atoms with Crippen LogP contribution in [0.5, 0.6) is 5.75 Å². The summed E-state index contributed by atoms with van der Waals surface area (Å²) in [5.41, 5.74) is 0.769. The lowest BCUT2D eigenvalue weighted by atomic mass is 10.1. The molecule has 0 radical (unpaired) electrons. The predicted octanol–water partition coefficient (Wildman–Crippen LogP) is 3.95. The van der Waals surface area contributed by atoms with Crippen molar-refractivity contribution in [2.75, 3.05) is 7.11 Å². The molecule has 1 aliphatic heterocycles. The highest BCUT2D eigenvalue weighted by Crippen LogP contribution is 2.21. The van der Waals surface area contributed by atoms with Gasteiger partial charge in [-0.05, 0) is 65.9 Å². The summed E-state index contributed by atoms with van der Waals surface area (Å²) in [4.78, 5) is 49.5. The lowest BCUT2D eigenvalue weighted by Crippen LogP contribution is -2.49. The van der Waals surface area contributed by atoms with E-state index in [0.29, 0.717) is 45.8 Å². The third-order valence-corrected chi connectivity index (χ3v) is 6.91. The summed E-state index contributed by atoms with van der Waals surface area (Å²) in [5, 5.41) is 2.87. The largest absolute Gasteiger partial charge is 0.466 e. The Hall–Kier alpha value is -4.48. The molecule has 0 spiro atoms. The number of rotatable bonds is 6. The van der Waals surface area contributed by atoms with Crippen molar-refractivity contribution >= 4 is 40.5 Å². The first-order valence-electron chi connectivity index (χ1n) is 11.8. The van der Waals surface area contributed by atoms with Gasteiger partial charge in [0, 0.05) is 17.6 Å². The van der Waals surface area contributed by atoms with E-state index in [1.807, 2.05) is 12.1 Å². The first-order valence-corrected chi connectivity index (χ1v) is 13.1. The number of hydrogen-bond donors (Lipinski definition) is 1. The molecule has 0 amide bonds. The van der Waals surface area contributed by atoms with E-state index in [1.54, 1.807) is 53.9 Å². The highest BCUT2D eigenvalue weighted by atomic mass is 35.5. The Bertz CT molecular complexity index is 1750. The Morgan fingerprint density at radius 1 is 1.10 bits per heavy atom. The van der Waals surface area contributed by atoms with Gasteiger partial charge in [0.1, 0.15) is 10.8 Å². The van der Waals surface area contributed by atoms with Crippen LogP contribution in [0.15, 0.2) is 97.4 Å². The molecule has 1 N–H and O–H groups in total. The number of aliphatic imine (C=N–C) groups is 1. The maximum absolute atomic E-state index is 13.5. The maximum atomic E-state index is 13.5. The van der Waals surface area contributed by atoms with Crippen molar-refractivity contribution in [1.82, 2.24) is 14.1 Å². The molecule has 3 heterocycles. The van der Waals surface area contributed by atoms with Crippen LogP contribution in [0, 0.1) is 0 Å². The van der Waals surface area contributed by atoms with Crippen molar-refractivity contribution in [3.8, 4) is 10.8 Å². The Labute approximate surface area is 230 Å². The van der Waals surface area contributed by atoms with Crippen LogP contribution >= 0.6 is 22.9 Å². The van der Waals surface area contributed by atoms with Crippen LogP contribution in [0.2, 0.25) is 5.02 Å². The summed E-state index contributed by atoms with van der Waals surface area (Å²) in [5.74, 6) is 0.589. The highest BCUT2D eigenvalue weighted by Gasteiger charge is 2.16. The SMILES string of the molecule is COC(=O)C1=CN=C(Oc2ccc(/N=c3\[nH]c(=O)n(-c4cccs4)c(=O)n3Cc3ccc(Cl)cc3)cc2)CC1. The van der Waals surface area contributed by atoms with Gasteiger partial charge in [-0.2, -0.15) is 0 Å². The second-order valence-electron chi connectivity index (χ2n) is 8.41. The fourth-order valence-corrected chi connectivity index (χ4v) is 4.69. The number of H-pyrrole nitrogens is 1. The minimum absolute atomic E-state index is 0.0959. The summed E-state index contributed by atoms with van der Waals surface area (Å²) in [6, 6.07) is 17.4. The van der Waals surface area contributed by atoms with Crippen molar-refractivity contribution in [2.24, 2.45) is 9.98 Å². The number of benzene rings is 2. The zero-order chi connectivity index (χ0) is 27.4. The molecule has 198 valence electrons. The number of aromatic amines is 1. The Morgan fingerprint density at radius 3 is 2.51 bits per heavy atom. The molecule has 2 aromatic heterocycles. The fourth-order valence-electron chi connectivity index (χ4n) is 3.84. The first-order chi connectivity index (χ1) is 18.9. The Kier molecular flexibility index (Phi) is 7.71. The molecule has 39 heavy (non-hydrogen) atoms. The number of halogens is 1. The van der Waals surface area contributed by atoms with Gasteiger partial charge in [-0.1, -0.05) is 23.7 Å². The van der Waals surface area contributed by atoms with Crippen molar-refractivity contribution in [3.63, 3.8) is 0 Å². The van der Waals surface area contributed by atoms with Crippen LogP contribution in [0.25, 0.3) is 5.00 Å². The zero-order valence-electron chi connectivity index (χ0n) is 20.7. The number of hydrogen-bond acceptors (Lipinski definition) is 8. The fraction of sp³-hybridized carbons (Fsp3) is 0.148. The summed E-state index contributed by atoms with van der Waals surface area (Å²) >= 11 is 7.30. The smallest absolute Gasteiger partial charge is 0.340 e. The summed E-state index contributed by atoms with van der Waals surface area (Å²) < 4.78 is 13.0. The summed E-state index contributed by atoms with van der Waals surface area (Å²) in [7, 11) is 1.33. The van der Waals surface area contributed by atoms with Gasteiger partial charge in [0.05, 0.1) is 24.9 Å². The zero-order valence-corrected chi connectivity index (χ0v) is 22.2. The molecular weight excluding hydrogens is 542 g/mol. The second kappa shape index (κ2) is 11.5. The molecule has 1 aliphatic rings. The number of carbonyl (C=O) groups is 1. The van der Waals surface area contributed by atoms with E-state index in [9.17, 15) is 14.4 Å². The number of carbonyl (C=O) groups excluding carboxylic acids is 1. The average molecular weight is 564 g/mol. The molecule has 0 fully saturated rings. The van der Waals surface area contributed by atoms with E-state index in [0.717, 1.165) is 10.1 Å². The van der Waals surface area contributed by atoms with E-state index in [2.05, 4.69) is 15.0 Å². The molecule has 0 saturated carbocycles. The van der Waals surface area contributed by atoms with E-state index in [1.165, 1.54) is 29.2 Å². The van der Waals surface area contributed by atoms with Gasteiger partial charge >= 0.3 is 17.3 Å². The molecule has 4 aromatic rings. The van der Waals surface area contributed by atoms with Gasteiger partial charge in [0.15, 0.2) is 5.90 Å². The Balaban J connectivity index is 1.48. The topological polar surface area (TPSA) is 120 Å². The molecule has 0 bridgehead atoms. The van der Waals surface area contributed by atoms with Gasteiger partial charge in [-0.25, -0.2) is 28.9 Å². The number of esters is 1. The molecule has 2 aromatic carbocycles. The molecular formula is C27H22ClN5O5S. The van der Waals surface area contributed by atoms with E-state index < -0.39 is 17.3 Å². The quantitative estimate of drug-likeness (QED) is 0.356. The second-order valence-corrected chi connectivity index (χ2v) is 9.77. The maximum Gasteiger partial charge on any atom is 0.340 e. The molecule has 5 rings (SSSR count). The normalized spacial score (nSPS) is 13.5. The van der Waals surface area contributed by atoms with Crippen LogP contribution in [-0.2, 0) is 16.1 Å². The molecule has 0 aliphatic carbocycles. The molecule has 12 heteroatoms. The van der Waals surface area contributed by atoms with Crippen LogP contribution in [0.4, 0.5) is 5.69 Å². The number of ether oxygens (including phenoxy) is 2. The molecule has 0 unspecified atom stereocenters. The van der Waals surface area contributed by atoms with Crippen molar-refractivity contribution in [2.45, 2.75) is 19.4 Å². The standard InChI is InChI=1S/C27H22ClN5O5S/c1-37-24(34)18-6-13-22(29-15-18)38-21-11-9-20(10-12-21)30-25-31-26(35)33(23-3-2-14-39-23)27(36)32(25)16-17-4-7-19(28)8-5-17/h2-5,7-12,14-15H,6,13,16H2,1H3,(H,30,31,35). The number of thiophene rings is 1. The van der Waals surface area contributed by atoms with Crippen molar-refractivity contribution in [1.29, 1.82) is 0 Å². The van der Waals surface area contributed by atoms with Crippen molar-refractivity contribution < 1.29 is 14.3 Å². The highest BCUT2D eigenvalue weighted by molar-refractivity contribution is 7.12. The van der Waals surface area contributed by atoms with Crippen LogP contribution < -0.4 is 21.7 Å². The lowest BCUT2D eigenvalue weighted by molar-refractivity contribution is -0.136. The van der Waals surface area contributed by atoms with E-state index >= 15 is 0 Å².